The van der Waals surface area contributed by atoms with Crippen LogP contribution >= 0.6 is 0 Å². The molecule has 1 fully saturated rings. The Balaban J connectivity index is 2.89. The standard InChI is InChI=1S/C18H32N2O4/c1-7-9-10-14-11-12-15(13-19(8-2)16(21)23-6)20(14)17(22)24-18(3,4)5/h7,14-15H,1,8-13H2,2-6H3/t14-,15-/m0/s1. The van der Waals surface area contributed by atoms with E-state index in [0.717, 1.165) is 25.7 Å². The normalized spacial score (nSPS) is 20.6. The number of methoxy groups -OCH3 is 1. The minimum atomic E-state index is -0.542. The number of hydrogen-bond donors (Lipinski definition) is 0. The Bertz CT molecular complexity index is 445. The zero-order valence-electron chi connectivity index (χ0n) is 15.7. The van der Waals surface area contributed by atoms with Gasteiger partial charge in [0.05, 0.1) is 13.2 Å². The molecule has 0 aliphatic carbocycles. The third-order valence-electron chi connectivity index (χ3n) is 4.17. The van der Waals surface area contributed by atoms with Gasteiger partial charge in [0.1, 0.15) is 5.60 Å². The molecule has 6 nitrogen and oxygen atoms in total. The summed E-state index contributed by atoms with van der Waals surface area (Å²) >= 11 is 0. The fourth-order valence-corrected chi connectivity index (χ4v) is 3.06. The Morgan fingerprint density at radius 2 is 1.92 bits per heavy atom. The van der Waals surface area contributed by atoms with Gasteiger partial charge in [0.15, 0.2) is 0 Å². The van der Waals surface area contributed by atoms with Gasteiger partial charge in [0, 0.05) is 19.1 Å². The van der Waals surface area contributed by atoms with Gasteiger partial charge in [0.2, 0.25) is 0 Å². The van der Waals surface area contributed by atoms with Gasteiger partial charge in [-0.2, -0.15) is 0 Å². The van der Waals surface area contributed by atoms with Crippen molar-refractivity contribution >= 4 is 12.2 Å². The molecule has 24 heavy (non-hydrogen) atoms. The van der Waals surface area contributed by atoms with E-state index in [-0.39, 0.29) is 24.3 Å². The van der Waals surface area contributed by atoms with E-state index in [4.69, 9.17) is 9.47 Å². The summed E-state index contributed by atoms with van der Waals surface area (Å²) in [6.07, 6.45) is 4.68. The van der Waals surface area contributed by atoms with Crippen LogP contribution in [0.3, 0.4) is 0 Å². The van der Waals surface area contributed by atoms with E-state index in [9.17, 15) is 9.59 Å². The number of likely N-dealkylation sites (N-methyl/N-ethyl adjacent to an activating group) is 1. The smallest absolute Gasteiger partial charge is 0.410 e. The molecule has 0 aromatic rings. The highest BCUT2D eigenvalue weighted by molar-refractivity contribution is 5.70. The van der Waals surface area contributed by atoms with Crippen LogP contribution in [0.5, 0.6) is 0 Å². The Morgan fingerprint density at radius 1 is 1.29 bits per heavy atom. The fraction of sp³-hybridized carbons (Fsp3) is 0.778. The van der Waals surface area contributed by atoms with Crippen LogP contribution in [-0.4, -0.2) is 59.9 Å². The largest absolute Gasteiger partial charge is 0.453 e. The van der Waals surface area contributed by atoms with Gasteiger partial charge in [-0.1, -0.05) is 6.08 Å². The summed E-state index contributed by atoms with van der Waals surface area (Å²) in [6, 6.07) is 0.0768. The maximum absolute atomic E-state index is 12.7. The molecule has 0 radical (unpaired) electrons. The van der Waals surface area contributed by atoms with Crippen molar-refractivity contribution in [2.24, 2.45) is 0 Å². The Morgan fingerprint density at radius 3 is 2.42 bits per heavy atom. The van der Waals surface area contributed by atoms with E-state index in [1.165, 1.54) is 7.11 Å². The molecule has 138 valence electrons. The number of nitrogens with zero attached hydrogens (tertiary/aromatic N) is 2. The molecule has 1 rings (SSSR count). The second-order valence-corrected chi connectivity index (χ2v) is 7.15. The van der Waals surface area contributed by atoms with Gasteiger partial charge in [0.25, 0.3) is 0 Å². The summed E-state index contributed by atoms with van der Waals surface area (Å²) in [6.45, 7) is 12.3. The first-order valence-corrected chi connectivity index (χ1v) is 8.68. The quantitative estimate of drug-likeness (QED) is 0.690. The number of ether oxygens (including phenoxy) is 2. The molecule has 0 unspecified atom stereocenters. The Hall–Kier alpha value is -1.72. The van der Waals surface area contributed by atoms with Crippen LogP contribution in [-0.2, 0) is 9.47 Å². The van der Waals surface area contributed by atoms with Gasteiger partial charge in [-0.05, 0) is 53.4 Å². The summed E-state index contributed by atoms with van der Waals surface area (Å²) in [4.78, 5) is 28.0. The summed E-state index contributed by atoms with van der Waals surface area (Å²) < 4.78 is 10.4. The van der Waals surface area contributed by atoms with E-state index in [1.807, 2.05) is 38.7 Å². The molecule has 0 saturated carbocycles. The molecule has 1 aliphatic rings. The zero-order valence-corrected chi connectivity index (χ0v) is 15.7. The molecule has 2 atom stereocenters. The fourth-order valence-electron chi connectivity index (χ4n) is 3.06. The molecule has 0 aromatic heterocycles. The maximum Gasteiger partial charge on any atom is 0.410 e. The van der Waals surface area contributed by atoms with E-state index in [0.29, 0.717) is 13.1 Å². The van der Waals surface area contributed by atoms with Crippen molar-refractivity contribution in [1.29, 1.82) is 0 Å². The van der Waals surface area contributed by atoms with Crippen LogP contribution in [0.4, 0.5) is 9.59 Å². The highest BCUT2D eigenvalue weighted by Crippen LogP contribution is 2.30. The van der Waals surface area contributed by atoms with Gasteiger partial charge in [-0.15, -0.1) is 6.58 Å². The van der Waals surface area contributed by atoms with Gasteiger partial charge in [-0.25, -0.2) is 9.59 Å². The molecule has 1 saturated heterocycles. The number of likely N-dealkylation sites (tertiary alicyclic amines) is 1. The van der Waals surface area contributed by atoms with E-state index < -0.39 is 5.60 Å². The predicted molar refractivity (Wildman–Crippen MR) is 94.0 cm³/mol. The van der Waals surface area contributed by atoms with Crippen molar-refractivity contribution in [2.75, 3.05) is 20.2 Å². The Kier molecular flexibility index (Phi) is 7.58. The van der Waals surface area contributed by atoms with Crippen molar-refractivity contribution in [3.8, 4) is 0 Å². The third-order valence-corrected chi connectivity index (χ3v) is 4.17. The minimum absolute atomic E-state index is 0.0475. The van der Waals surface area contributed by atoms with Crippen LogP contribution in [0.25, 0.3) is 0 Å². The molecule has 1 aliphatic heterocycles. The summed E-state index contributed by atoms with van der Waals surface area (Å²) in [7, 11) is 1.37. The lowest BCUT2D eigenvalue weighted by molar-refractivity contribution is 0.0105. The summed E-state index contributed by atoms with van der Waals surface area (Å²) in [5.74, 6) is 0. The molecule has 0 spiro atoms. The minimum Gasteiger partial charge on any atom is -0.453 e. The van der Waals surface area contributed by atoms with Crippen molar-refractivity contribution in [3.63, 3.8) is 0 Å². The second kappa shape index (κ2) is 8.94. The van der Waals surface area contributed by atoms with Crippen LogP contribution in [0.15, 0.2) is 12.7 Å². The Labute approximate surface area is 145 Å². The molecular weight excluding hydrogens is 308 g/mol. The van der Waals surface area contributed by atoms with Crippen molar-refractivity contribution < 1.29 is 19.1 Å². The summed E-state index contributed by atoms with van der Waals surface area (Å²) in [5, 5.41) is 0. The topological polar surface area (TPSA) is 59.1 Å². The number of amides is 2. The number of rotatable bonds is 6. The average molecular weight is 340 g/mol. The highest BCUT2D eigenvalue weighted by Gasteiger charge is 2.40. The molecular formula is C18H32N2O4. The number of allylic oxidation sites excluding steroid dienone is 1. The molecule has 2 amide bonds. The van der Waals surface area contributed by atoms with E-state index in [1.54, 1.807) is 4.90 Å². The molecule has 0 N–H and O–H groups in total. The molecule has 1 heterocycles. The van der Waals surface area contributed by atoms with Crippen LogP contribution in [0.1, 0.15) is 53.4 Å². The van der Waals surface area contributed by atoms with Gasteiger partial charge in [-0.3, -0.25) is 0 Å². The number of carbonyl (C=O) groups excluding carboxylic acids is 2. The molecule has 0 bridgehead atoms. The van der Waals surface area contributed by atoms with Gasteiger partial charge >= 0.3 is 12.2 Å². The first-order valence-electron chi connectivity index (χ1n) is 8.68. The van der Waals surface area contributed by atoms with Crippen LogP contribution < -0.4 is 0 Å². The first kappa shape index (κ1) is 20.3. The lowest BCUT2D eigenvalue weighted by atomic mass is 10.1. The molecule has 6 heteroatoms. The van der Waals surface area contributed by atoms with Gasteiger partial charge < -0.3 is 19.3 Å². The van der Waals surface area contributed by atoms with Crippen LogP contribution in [0.2, 0.25) is 0 Å². The number of hydrogen-bond acceptors (Lipinski definition) is 4. The molecule has 0 aromatic carbocycles. The van der Waals surface area contributed by atoms with Crippen molar-refractivity contribution in [2.45, 2.75) is 71.1 Å². The van der Waals surface area contributed by atoms with Crippen molar-refractivity contribution in [1.82, 2.24) is 9.80 Å². The SMILES string of the molecule is C=CCC[C@H]1CC[C@@H](CN(CC)C(=O)OC)N1C(=O)OC(C)(C)C. The average Bonchev–Trinajstić information content (AvgIpc) is 2.90. The monoisotopic (exact) mass is 340 g/mol. The zero-order chi connectivity index (χ0) is 18.3. The number of carbonyl (C=O) groups is 2. The predicted octanol–water partition coefficient (Wildman–Crippen LogP) is 3.81. The third kappa shape index (κ3) is 5.73. The highest BCUT2D eigenvalue weighted by atomic mass is 16.6. The van der Waals surface area contributed by atoms with Crippen molar-refractivity contribution in [3.05, 3.63) is 12.7 Å². The second-order valence-electron chi connectivity index (χ2n) is 7.15. The summed E-state index contributed by atoms with van der Waals surface area (Å²) in [5.41, 5.74) is -0.542. The van der Waals surface area contributed by atoms with E-state index >= 15 is 0 Å². The van der Waals surface area contributed by atoms with E-state index in [2.05, 4.69) is 6.58 Å². The lowest BCUT2D eigenvalue weighted by Crippen LogP contribution is -2.49. The first-order chi connectivity index (χ1) is 11.2. The maximum atomic E-state index is 12.7. The lowest BCUT2D eigenvalue weighted by Gasteiger charge is -2.34. The van der Waals surface area contributed by atoms with Crippen LogP contribution in [0, 0.1) is 0 Å².